The first kappa shape index (κ1) is 14.0. The van der Waals surface area contributed by atoms with Gasteiger partial charge in [-0.2, -0.15) is 0 Å². The average molecular weight is 236 g/mol. The molecular formula is C10H15ClFNO2. The molecule has 0 saturated heterocycles. The number of phenols is 1. The van der Waals surface area contributed by atoms with Crippen molar-refractivity contribution in [3.05, 3.63) is 23.8 Å². The fraction of sp³-hybridized carbons (Fsp3) is 0.400. The quantitative estimate of drug-likeness (QED) is 0.841. The van der Waals surface area contributed by atoms with E-state index < -0.39 is 6.67 Å². The van der Waals surface area contributed by atoms with E-state index in [1.54, 1.807) is 12.1 Å². The van der Waals surface area contributed by atoms with Gasteiger partial charge < -0.3 is 15.6 Å². The lowest BCUT2D eigenvalue weighted by molar-refractivity contribution is 0.372. The van der Waals surface area contributed by atoms with Crippen molar-refractivity contribution in [2.75, 3.05) is 13.8 Å². The highest BCUT2D eigenvalue weighted by molar-refractivity contribution is 5.85. The largest absolute Gasteiger partial charge is 0.504 e. The SMILES string of the molecule is COc1cc([C@@H](N)CCF)ccc1O.Cl. The lowest BCUT2D eigenvalue weighted by atomic mass is 10.0. The van der Waals surface area contributed by atoms with E-state index in [9.17, 15) is 9.50 Å². The summed E-state index contributed by atoms with van der Waals surface area (Å²) in [6.45, 7) is -0.454. The number of benzene rings is 1. The summed E-state index contributed by atoms with van der Waals surface area (Å²) in [6, 6.07) is 4.43. The van der Waals surface area contributed by atoms with Gasteiger partial charge in [-0.15, -0.1) is 12.4 Å². The van der Waals surface area contributed by atoms with Crippen LogP contribution in [0.2, 0.25) is 0 Å². The molecule has 0 saturated carbocycles. The number of halogens is 2. The molecule has 1 rings (SSSR count). The van der Waals surface area contributed by atoms with Gasteiger partial charge in [0.05, 0.1) is 13.8 Å². The van der Waals surface area contributed by atoms with Gasteiger partial charge in [0.1, 0.15) is 0 Å². The van der Waals surface area contributed by atoms with Crippen molar-refractivity contribution >= 4 is 12.4 Å². The van der Waals surface area contributed by atoms with Gasteiger partial charge in [0.15, 0.2) is 11.5 Å². The predicted octanol–water partition coefficient (Wildman–Crippen LogP) is 2.18. The second kappa shape index (κ2) is 6.48. The minimum Gasteiger partial charge on any atom is -0.504 e. The van der Waals surface area contributed by atoms with Crippen LogP contribution in [0.1, 0.15) is 18.0 Å². The van der Waals surface area contributed by atoms with E-state index >= 15 is 0 Å². The number of hydrogen-bond acceptors (Lipinski definition) is 3. The van der Waals surface area contributed by atoms with Gasteiger partial charge in [-0.25, -0.2) is 0 Å². The molecular weight excluding hydrogens is 221 g/mol. The van der Waals surface area contributed by atoms with Crippen LogP contribution in [0.25, 0.3) is 0 Å². The smallest absolute Gasteiger partial charge is 0.160 e. The zero-order chi connectivity index (χ0) is 10.6. The van der Waals surface area contributed by atoms with Gasteiger partial charge in [-0.05, 0) is 24.1 Å². The third-order valence-electron chi connectivity index (χ3n) is 2.05. The third kappa shape index (κ3) is 3.57. The highest BCUT2D eigenvalue weighted by atomic mass is 35.5. The zero-order valence-electron chi connectivity index (χ0n) is 8.44. The van der Waals surface area contributed by atoms with Crippen LogP contribution in [0.15, 0.2) is 18.2 Å². The Kier molecular flexibility index (Phi) is 6.05. The van der Waals surface area contributed by atoms with Crippen molar-refractivity contribution in [2.45, 2.75) is 12.5 Å². The molecule has 3 N–H and O–H groups in total. The molecule has 1 aromatic rings. The van der Waals surface area contributed by atoms with Crippen LogP contribution in [0.4, 0.5) is 4.39 Å². The lowest BCUT2D eigenvalue weighted by Gasteiger charge is -2.11. The number of hydrogen-bond donors (Lipinski definition) is 2. The summed E-state index contributed by atoms with van der Waals surface area (Å²) < 4.78 is 16.9. The van der Waals surface area contributed by atoms with Crippen molar-refractivity contribution in [1.82, 2.24) is 0 Å². The van der Waals surface area contributed by atoms with Gasteiger partial charge in [0, 0.05) is 6.04 Å². The molecule has 0 aromatic heterocycles. The molecule has 0 aliphatic heterocycles. The molecule has 0 amide bonds. The van der Waals surface area contributed by atoms with E-state index in [0.29, 0.717) is 5.75 Å². The molecule has 15 heavy (non-hydrogen) atoms. The number of methoxy groups -OCH3 is 1. The van der Waals surface area contributed by atoms with Crippen LogP contribution in [0, 0.1) is 0 Å². The second-order valence-corrected chi connectivity index (χ2v) is 3.02. The fourth-order valence-electron chi connectivity index (χ4n) is 1.21. The molecule has 0 heterocycles. The minimum absolute atomic E-state index is 0. The van der Waals surface area contributed by atoms with Crippen molar-refractivity contribution < 1.29 is 14.2 Å². The first-order valence-corrected chi connectivity index (χ1v) is 4.37. The van der Waals surface area contributed by atoms with Gasteiger partial charge in [-0.3, -0.25) is 4.39 Å². The summed E-state index contributed by atoms with van der Waals surface area (Å²) >= 11 is 0. The minimum atomic E-state index is -0.454. The molecule has 0 aliphatic carbocycles. The number of nitrogens with two attached hydrogens (primary N) is 1. The Morgan fingerprint density at radius 2 is 2.20 bits per heavy atom. The van der Waals surface area contributed by atoms with Gasteiger partial charge >= 0.3 is 0 Å². The first-order valence-electron chi connectivity index (χ1n) is 4.37. The average Bonchev–Trinajstić information content (AvgIpc) is 2.19. The zero-order valence-corrected chi connectivity index (χ0v) is 9.26. The third-order valence-corrected chi connectivity index (χ3v) is 2.05. The van der Waals surface area contributed by atoms with Crippen LogP contribution >= 0.6 is 12.4 Å². The number of ether oxygens (including phenoxy) is 1. The molecule has 1 aromatic carbocycles. The summed E-state index contributed by atoms with van der Waals surface area (Å²) in [4.78, 5) is 0. The topological polar surface area (TPSA) is 55.5 Å². The van der Waals surface area contributed by atoms with Crippen molar-refractivity contribution in [2.24, 2.45) is 5.73 Å². The van der Waals surface area contributed by atoms with Crippen LogP contribution in [-0.4, -0.2) is 18.9 Å². The summed E-state index contributed by atoms with van der Waals surface area (Å²) in [5, 5.41) is 9.31. The standard InChI is InChI=1S/C10H14FNO2.ClH/c1-14-10-6-7(2-3-9(10)13)8(12)4-5-11;/h2-3,6,8,13H,4-5,12H2,1H3;1H/t8-;/m0./s1. The Balaban J connectivity index is 0.00000196. The molecule has 0 fully saturated rings. The summed E-state index contributed by atoms with van der Waals surface area (Å²) in [6.07, 6.45) is 0.272. The first-order chi connectivity index (χ1) is 6.69. The maximum absolute atomic E-state index is 12.0. The normalized spacial score (nSPS) is 11.7. The molecule has 0 bridgehead atoms. The highest BCUT2D eigenvalue weighted by Gasteiger charge is 2.09. The Morgan fingerprint density at radius 1 is 1.53 bits per heavy atom. The second-order valence-electron chi connectivity index (χ2n) is 3.02. The number of phenolic OH excluding ortho intramolecular Hbond substituents is 1. The van der Waals surface area contributed by atoms with E-state index in [0.717, 1.165) is 5.56 Å². The Morgan fingerprint density at radius 3 is 2.73 bits per heavy atom. The van der Waals surface area contributed by atoms with E-state index in [4.69, 9.17) is 10.5 Å². The highest BCUT2D eigenvalue weighted by Crippen LogP contribution is 2.28. The van der Waals surface area contributed by atoms with Crippen molar-refractivity contribution in [3.8, 4) is 11.5 Å². The maximum Gasteiger partial charge on any atom is 0.160 e. The van der Waals surface area contributed by atoms with Crippen molar-refractivity contribution in [3.63, 3.8) is 0 Å². The van der Waals surface area contributed by atoms with Crippen LogP contribution in [-0.2, 0) is 0 Å². The Bertz CT molecular complexity index is 309. The summed E-state index contributed by atoms with van der Waals surface area (Å²) in [7, 11) is 1.46. The van der Waals surface area contributed by atoms with Crippen LogP contribution in [0.3, 0.4) is 0 Å². The molecule has 0 radical (unpaired) electrons. The Hall–Kier alpha value is -1.00. The predicted molar refractivity (Wildman–Crippen MR) is 59.4 cm³/mol. The van der Waals surface area contributed by atoms with Crippen LogP contribution < -0.4 is 10.5 Å². The molecule has 0 spiro atoms. The van der Waals surface area contributed by atoms with Gasteiger partial charge in [0.2, 0.25) is 0 Å². The van der Waals surface area contributed by atoms with E-state index in [-0.39, 0.29) is 30.6 Å². The number of alkyl halides is 1. The van der Waals surface area contributed by atoms with Gasteiger partial charge in [-0.1, -0.05) is 6.07 Å². The summed E-state index contributed by atoms with van der Waals surface area (Å²) in [5.41, 5.74) is 6.46. The van der Waals surface area contributed by atoms with Gasteiger partial charge in [0.25, 0.3) is 0 Å². The van der Waals surface area contributed by atoms with E-state index in [1.807, 2.05) is 0 Å². The Labute approximate surface area is 94.5 Å². The van der Waals surface area contributed by atoms with E-state index in [2.05, 4.69) is 0 Å². The molecule has 1 atom stereocenters. The molecule has 0 aliphatic rings. The molecule has 5 heteroatoms. The molecule has 3 nitrogen and oxygen atoms in total. The number of rotatable bonds is 4. The maximum atomic E-state index is 12.0. The molecule has 0 unspecified atom stereocenters. The monoisotopic (exact) mass is 235 g/mol. The fourth-order valence-corrected chi connectivity index (χ4v) is 1.21. The lowest BCUT2D eigenvalue weighted by Crippen LogP contribution is -2.10. The number of aromatic hydroxyl groups is 1. The van der Waals surface area contributed by atoms with Crippen LogP contribution in [0.5, 0.6) is 11.5 Å². The molecule has 86 valence electrons. The van der Waals surface area contributed by atoms with Crippen molar-refractivity contribution in [1.29, 1.82) is 0 Å². The summed E-state index contributed by atoms with van der Waals surface area (Å²) in [5.74, 6) is 0.417. The van der Waals surface area contributed by atoms with E-state index in [1.165, 1.54) is 13.2 Å².